The Bertz CT molecular complexity index is 1300. The number of carbonyl (C=O) groups is 1. The van der Waals surface area contributed by atoms with Gasteiger partial charge in [-0.25, -0.2) is 4.98 Å². The molecule has 1 heterocycles. The van der Waals surface area contributed by atoms with Crippen LogP contribution in [-0.2, 0) is 6.42 Å². The molecule has 0 radical (unpaired) electrons. The lowest BCUT2D eigenvalue weighted by Crippen LogP contribution is -2.38. The van der Waals surface area contributed by atoms with Crippen molar-refractivity contribution in [3.05, 3.63) is 83.4 Å². The van der Waals surface area contributed by atoms with E-state index in [9.17, 15) is 4.79 Å². The first kappa shape index (κ1) is 24.7. The third-order valence-electron chi connectivity index (χ3n) is 7.69. The molecule has 186 valence electrons. The zero-order valence-corrected chi connectivity index (χ0v) is 22.1. The van der Waals surface area contributed by atoms with E-state index in [4.69, 9.17) is 0 Å². The van der Waals surface area contributed by atoms with Gasteiger partial charge in [0.15, 0.2) is 0 Å². The van der Waals surface area contributed by atoms with Crippen molar-refractivity contribution in [1.82, 2.24) is 9.88 Å². The van der Waals surface area contributed by atoms with Crippen molar-refractivity contribution in [2.24, 2.45) is 5.92 Å². The molecule has 0 unspecified atom stereocenters. The molecule has 1 amide bonds. The lowest BCUT2D eigenvalue weighted by atomic mass is 9.80. The number of benzene rings is 3. The van der Waals surface area contributed by atoms with E-state index < -0.39 is 0 Å². The highest BCUT2D eigenvalue weighted by molar-refractivity contribution is 7.16. The summed E-state index contributed by atoms with van der Waals surface area (Å²) in [6.45, 7) is 6.81. The van der Waals surface area contributed by atoms with Crippen molar-refractivity contribution in [1.29, 1.82) is 0 Å². The molecular formula is C31H35N3OS. The zero-order valence-electron chi connectivity index (χ0n) is 21.2. The molecule has 1 aliphatic carbocycles. The van der Waals surface area contributed by atoms with Crippen LogP contribution in [0.15, 0.2) is 72.2 Å². The molecule has 1 fully saturated rings. The second kappa shape index (κ2) is 11.4. The average Bonchev–Trinajstić information content (AvgIpc) is 3.39. The van der Waals surface area contributed by atoms with E-state index in [1.165, 1.54) is 42.4 Å². The number of nitrogens with one attached hydrogen (secondary N) is 1. The van der Waals surface area contributed by atoms with Crippen LogP contribution in [0.1, 0.15) is 55.5 Å². The number of fused-ring (bicyclic) bond motifs is 1. The summed E-state index contributed by atoms with van der Waals surface area (Å²) in [4.78, 5) is 20.2. The number of hydrogen-bond donors (Lipinski definition) is 1. The number of aromatic nitrogens is 1. The maximum absolute atomic E-state index is 13.2. The Labute approximate surface area is 218 Å². The van der Waals surface area contributed by atoms with Crippen LogP contribution in [0.5, 0.6) is 0 Å². The molecular weight excluding hydrogens is 462 g/mol. The van der Waals surface area contributed by atoms with Gasteiger partial charge in [0.25, 0.3) is 5.91 Å². The normalized spacial score (nSPS) is 18.0. The van der Waals surface area contributed by atoms with Gasteiger partial charge < -0.3 is 10.2 Å². The van der Waals surface area contributed by atoms with Crippen molar-refractivity contribution >= 4 is 33.1 Å². The fraction of sp³-hybridized carbons (Fsp3) is 0.355. The van der Waals surface area contributed by atoms with E-state index in [1.54, 1.807) is 11.3 Å². The van der Waals surface area contributed by atoms with Gasteiger partial charge in [-0.3, -0.25) is 4.79 Å². The fourth-order valence-electron chi connectivity index (χ4n) is 5.71. The Morgan fingerprint density at radius 1 is 0.972 bits per heavy atom. The molecule has 5 heteroatoms. The summed E-state index contributed by atoms with van der Waals surface area (Å²) in [5.74, 6) is 0.584. The molecule has 3 aromatic carbocycles. The van der Waals surface area contributed by atoms with E-state index >= 15 is 0 Å². The van der Waals surface area contributed by atoms with E-state index in [-0.39, 0.29) is 5.91 Å². The summed E-state index contributed by atoms with van der Waals surface area (Å²) in [5, 5.41) is 3.08. The highest BCUT2D eigenvalue weighted by Crippen LogP contribution is 2.34. The summed E-state index contributed by atoms with van der Waals surface area (Å²) < 4.78 is 1.12. The summed E-state index contributed by atoms with van der Waals surface area (Å²) >= 11 is 1.61. The third kappa shape index (κ3) is 5.53. The number of rotatable bonds is 8. The fourth-order valence-corrected chi connectivity index (χ4v) is 6.37. The van der Waals surface area contributed by atoms with Gasteiger partial charge in [-0.2, -0.15) is 0 Å². The van der Waals surface area contributed by atoms with E-state index in [2.05, 4.69) is 71.5 Å². The summed E-state index contributed by atoms with van der Waals surface area (Å²) in [7, 11) is 0. The second-order valence-corrected chi connectivity index (χ2v) is 10.7. The molecule has 5 rings (SSSR count). The van der Waals surface area contributed by atoms with Gasteiger partial charge in [-0.15, -0.1) is 11.3 Å². The molecule has 0 saturated heterocycles. The van der Waals surface area contributed by atoms with Crippen LogP contribution in [0, 0.1) is 5.92 Å². The molecule has 0 spiro atoms. The van der Waals surface area contributed by atoms with Gasteiger partial charge in [0.2, 0.25) is 0 Å². The Kier molecular flexibility index (Phi) is 7.78. The van der Waals surface area contributed by atoms with Crippen molar-refractivity contribution in [2.45, 2.75) is 52.0 Å². The lowest BCUT2D eigenvalue weighted by Gasteiger charge is -2.36. The maximum atomic E-state index is 13.2. The first-order valence-electron chi connectivity index (χ1n) is 13.2. The molecule has 0 bridgehead atoms. The first-order valence-corrected chi connectivity index (χ1v) is 14.1. The summed E-state index contributed by atoms with van der Waals surface area (Å²) in [5.41, 5.74) is 7.96. The van der Waals surface area contributed by atoms with Crippen LogP contribution in [0.25, 0.3) is 21.3 Å². The molecule has 1 aromatic heterocycles. The predicted octanol–water partition coefficient (Wildman–Crippen LogP) is 7.66. The van der Waals surface area contributed by atoms with E-state index in [0.717, 1.165) is 41.5 Å². The quantitative estimate of drug-likeness (QED) is 0.272. The number of carbonyl (C=O) groups excluding carboxylic acids is 1. The lowest BCUT2D eigenvalue weighted by molar-refractivity contribution is 0.102. The van der Waals surface area contributed by atoms with E-state index in [1.807, 2.05) is 29.8 Å². The average molecular weight is 498 g/mol. The predicted molar refractivity (Wildman–Crippen MR) is 152 cm³/mol. The Morgan fingerprint density at radius 3 is 2.50 bits per heavy atom. The molecule has 1 N–H and O–H groups in total. The topological polar surface area (TPSA) is 45.2 Å². The number of amides is 1. The van der Waals surface area contributed by atoms with Gasteiger partial charge >= 0.3 is 0 Å². The Balaban J connectivity index is 1.36. The van der Waals surface area contributed by atoms with Gasteiger partial charge in [-0.1, -0.05) is 50.2 Å². The van der Waals surface area contributed by atoms with Gasteiger partial charge in [0, 0.05) is 17.3 Å². The Morgan fingerprint density at radius 2 is 1.75 bits per heavy atom. The van der Waals surface area contributed by atoms with Crippen molar-refractivity contribution in [3.63, 3.8) is 0 Å². The largest absolute Gasteiger partial charge is 0.322 e. The van der Waals surface area contributed by atoms with Crippen LogP contribution < -0.4 is 5.32 Å². The SMILES string of the molecule is CCN(CC)C1CCC(Cc2cc(C(=O)Nc3ccc4scnc4c3)ccc2-c2ccccc2)CC1. The molecule has 0 aliphatic heterocycles. The molecule has 4 nitrogen and oxygen atoms in total. The number of hydrogen-bond acceptors (Lipinski definition) is 4. The monoisotopic (exact) mass is 497 g/mol. The number of nitrogens with zero attached hydrogens (tertiary/aromatic N) is 2. The molecule has 36 heavy (non-hydrogen) atoms. The van der Waals surface area contributed by atoms with Gasteiger partial charge in [0.05, 0.1) is 15.7 Å². The van der Waals surface area contributed by atoms with Crippen LogP contribution in [-0.4, -0.2) is 34.9 Å². The maximum Gasteiger partial charge on any atom is 0.255 e. The van der Waals surface area contributed by atoms with Crippen LogP contribution in [0.2, 0.25) is 0 Å². The molecule has 4 aromatic rings. The molecule has 1 aliphatic rings. The number of thiazole rings is 1. The van der Waals surface area contributed by atoms with Crippen molar-refractivity contribution in [2.75, 3.05) is 18.4 Å². The molecule has 0 atom stereocenters. The van der Waals surface area contributed by atoms with Crippen LogP contribution in [0.4, 0.5) is 5.69 Å². The van der Waals surface area contributed by atoms with Crippen LogP contribution in [0.3, 0.4) is 0 Å². The third-order valence-corrected chi connectivity index (χ3v) is 8.50. The van der Waals surface area contributed by atoms with Crippen molar-refractivity contribution < 1.29 is 4.79 Å². The zero-order chi connectivity index (χ0) is 24.9. The standard InChI is InChI=1S/C31H35N3OS/c1-3-34(4-2)27-14-10-22(11-15-27)18-25-19-24(12-16-28(25)23-8-6-5-7-9-23)31(35)33-26-13-17-30-29(20-26)32-21-36-30/h5-9,12-13,16-17,19-22,27H,3-4,10-11,14-15,18H2,1-2H3,(H,33,35). The van der Waals surface area contributed by atoms with E-state index in [0.29, 0.717) is 11.5 Å². The highest BCUT2D eigenvalue weighted by atomic mass is 32.1. The van der Waals surface area contributed by atoms with Gasteiger partial charge in [-0.05, 0) is 98.1 Å². The minimum absolute atomic E-state index is 0.0734. The Hall–Kier alpha value is -3.02. The van der Waals surface area contributed by atoms with Crippen molar-refractivity contribution in [3.8, 4) is 11.1 Å². The first-order chi connectivity index (χ1) is 17.6. The smallest absolute Gasteiger partial charge is 0.255 e. The minimum atomic E-state index is -0.0734. The number of anilines is 1. The van der Waals surface area contributed by atoms with Crippen LogP contribution >= 0.6 is 11.3 Å². The summed E-state index contributed by atoms with van der Waals surface area (Å²) in [6.07, 6.45) is 6.05. The van der Waals surface area contributed by atoms with Gasteiger partial charge in [0.1, 0.15) is 0 Å². The minimum Gasteiger partial charge on any atom is -0.322 e. The summed E-state index contributed by atoms with van der Waals surface area (Å²) in [6, 6.07) is 23.4. The highest BCUT2D eigenvalue weighted by Gasteiger charge is 2.25. The molecule has 1 saturated carbocycles. The second-order valence-electron chi connectivity index (χ2n) is 9.83.